The molecule has 1 heterocycles. The topological polar surface area (TPSA) is 117 Å². The molecule has 1 saturated carbocycles. The first-order valence-electron chi connectivity index (χ1n) is 11.4. The summed E-state index contributed by atoms with van der Waals surface area (Å²) < 4.78 is 16.9. The first kappa shape index (κ1) is 24.7. The third-order valence-corrected chi connectivity index (χ3v) is 6.31. The second-order valence-corrected chi connectivity index (χ2v) is 9.03. The van der Waals surface area contributed by atoms with E-state index in [1.165, 1.54) is 30.5 Å². The molecule has 3 unspecified atom stereocenters. The fraction of sp³-hybridized carbons (Fsp3) is 0.583. The molecule has 5 atom stereocenters. The van der Waals surface area contributed by atoms with E-state index >= 15 is 0 Å². The van der Waals surface area contributed by atoms with Crippen molar-refractivity contribution in [2.24, 2.45) is 17.8 Å². The highest BCUT2D eigenvalue weighted by molar-refractivity contribution is 5.97. The van der Waals surface area contributed by atoms with Gasteiger partial charge in [-0.2, -0.15) is 0 Å². The van der Waals surface area contributed by atoms with Crippen LogP contribution < -0.4 is 5.32 Å². The number of benzene rings is 1. The molecule has 1 fully saturated rings. The average Bonchev–Trinajstić information content (AvgIpc) is 2.78. The maximum Gasteiger partial charge on any atom is 0.340 e. The van der Waals surface area contributed by atoms with Gasteiger partial charge in [0.1, 0.15) is 6.10 Å². The van der Waals surface area contributed by atoms with Gasteiger partial charge in [0.25, 0.3) is 5.69 Å². The van der Waals surface area contributed by atoms with Crippen LogP contribution in [0.2, 0.25) is 0 Å². The molecule has 0 saturated heterocycles. The zero-order valence-electron chi connectivity index (χ0n) is 19.5. The zero-order chi connectivity index (χ0) is 24.1. The van der Waals surface area contributed by atoms with Crippen molar-refractivity contribution in [1.82, 2.24) is 5.32 Å². The van der Waals surface area contributed by atoms with E-state index in [0.29, 0.717) is 17.4 Å². The standard InChI is InChI=1S/C24H32N2O7/c1-5-31-24(28)21-19(23(27)32-20-12-15(4)6-11-18(20)14(2)3)13-25-22(33-21)16-7-9-17(10-8-16)26(29)30/h7-10,13-15,18,20-22,25H,5-6,11-12H2,1-4H3/t15?,18?,20?,21-,22+/m0/s1. The van der Waals surface area contributed by atoms with Crippen LogP contribution in [0, 0.1) is 27.9 Å². The molecular weight excluding hydrogens is 428 g/mol. The Kier molecular flexibility index (Phi) is 8.07. The van der Waals surface area contributed by atoms with Gasteiger partial charge in [-0.25, -0.2) is 9.59 Å². The van der Waals surface area contributed by atoms with Gasteiger partial charge in [0.2, 0.25) is 0 Å². The van der Waals surface area contributed by atoms with E-state index in [1.807, 2.05) is 0 Å². The summed E-state index contributed by atoms with van der Waals surface area (Å²) in [4.78, 5) is 36.2. The number of hydrogen-bond donors (Lipinski definition) is 1. The monoisotopic (exact) mass is 460 g/mol. The number of nitro benzene ring substituents is 1. The van der Waals surface area contributed by atoms with Crippen molar-refractivity contribution in [2.45, 2.75) is 65.4 Å². The SMILES string of the molecule is CCOC(=O)[C@H]1O[C@H](c2ccc([N+](=O)[O-])cc2)NC=C1C(=O)OC1CC(C)CCC1C(C)C. The molecule has 0 spiro atoms. The van der Waals surface area contributed by atoms with Crippen molar-refractivity contribution in [3.8, 4) is 0 Å². The minimum atomic E-state index is -1.27. The number of rotatable bonds is 7. The predicted octanol–water partition coefficient (Wildman–Crippen LogP) is 4.03. The molecule has 1 aromatic carbocycles. The number of nitrogens with zero attached hydrogens (tertiary/aromatic N) is 1. The molecule has 0 amide bonds. The number of carbonyl (C=O) groups is 2. The van der Waals surface area contributed by atoms with Gasteiger partial charge < -0.3 is 19.5 Å². The van der Waals surface area contributed by atoms with Crippen LogP contribution in [0.25, 0.3) is 0 Å². The lowest BCUT2D eigenvalue weighted by molar-refractivity contribution is -0.384. The molecule has 0 radical (unpaired) electrons. The third kappa shape index (κ3) is 5.90. The van der Waals surface area contributed by atoms with Crippen LogP contribution in [0.5, 0.6) is 0 Å². The van der Waals surface area contributed by atoms with E-state index in [-0.39, 0.29) is 29.9 Å². The summed E-state index contributed by atoms with van der Waals surface area (Å²) in [6.45, 7) is 8.21. The Morgan fingerprint density at radius 1 is 1.24 bits per heavy atom. The summed E-state index contributed by atoms with van der Waals surface area (Å²) in [6.07, 6.45) is 2.03. The van der Waals surface area contributed by atoms with E-state index < -0.39 is 29.2 Å². The van der Waals surface area contributed by atoms with Crippen LogP contribution in [-0.4, -0.2) is 35.7 Å². The van der Waals surface area contributed by atoms with E-state index in [2.05, 4.69) is 26.1 Å². The molecule has 0 aromatic heterocycles. The molecule has 33 heavy (non-hydrogen) atoms. The Labute approximate surface area is 193 Å². The van der Waals surface area contributed by atoms with Crippen LogP contribution in [0.15, 0.2) is 36.0 Å². The lowest BCUT2D eigenvalue weighted by atomic mass is 9.75. The van der Waals surface area contributed by atoms with E-state index in [4.69, 9.17) is 14.2 Å². The first-order chi connectivity index (χ1) is 15.7. The highest BCUT2D eigenvalue weighted by Crippen LogP contribution is 2.36. The maximum absolute atomic E-state index is 13.1. The summed E-state index contributed by atoms with van der Waals surface area (Å²) in [5, 5.41) is 13.9. The lowest BCUT2D eigenvalue weighted by Crippen LogP contribution is -2.43. The normalized spacial score (nSPS) is 27.3. The Morgan fingerprint density at radius 2 is 1.94 bits per heavy atom. The van der Waals surface area contributed by atoms with Crippen LogP contribution in [0.3, 0.4) is 0 Å². The summed E-state index contributed by atoms with van der Waals surface area (Å²) in [5.74, 6) is -0.201. The Morgan fingerprint density at radius 3 is 2.55 bits per heavy atom. The predicted molar refractivity (Wildman–Crippen MR) is 120 cm³/mol. The van der Waals surface area contributed by atoms with Gasteiger partial charge in [-0.1, -0.05) is 27.2 Å². The number of non-ortho nitro benzene ring substituents is 1. The lowest BCUT2D eigenvalue weighted by Gasteiger charge is -2.37. The first-order valence-corrected chi connectivity index (χ1v) is 11.4. The highest BCUT2D eigenvalue weighted by atomic mass is 16.6. The number of nitrogens with one attached hydrogen (secondary N) is 1. The van der Waals surface area contributed by atoms with Crippen LogP contribution in [-0.2, 0) is 23.8 Å². The van der Waals surface area contributed by atoms with E-state index in [1.54, 1.807) is 6.92 Å². The number of hydrogen-bond acceptors (Lipinski definition) is 8. The maximum atomic E-state index is 13.1. The fourth-order valence-corrected chi connectivity index (χ4v) is 4.46. The van der Waals surface area contributed by atoms with Gasteiger partial charge in [0, 0.05) is 23.9 Å². The molecule has 9 heteroatoms. The van der Waals surface area contributed by atoms with Crippen LogP contribution >= 0.6 is 0 Å². The van der Waals surface area contributed by atoms with Crippen LogP contribution in [0.1, 0.15) is 58.7 Å². The number of ether oxygens (including phenoxy) is 3. The van der Waals surface area contributed by atoms with Crippen molar-refractivity contribution in [1.29, 1.82) is 0 Å². The highest BCUT2D eigenvalue weighted by Gasteiger charge is 2.40. The van der Waals surface area contributed by atoms with Crippen molar-refractivity contribution in [3.63, 3.8) is 0 Å². The van der Waals surface area contributed by atoms with Gasteiger partial charge in [-0.15, -0.1) is 0 Å². The second-order valence-electron chi connectivity index (χ2n) is 9.03. The van der Waals surface area contributed by atoms with Crippen molar-refractivity contribution >= 4 is 17.6 Å². The molecule has 180 valence electrons. The fourth-order valence-electron chi connectivity index (χ4n) is 4.46. The molecule has 0 bridgehead atoms. The smallest absolute Gasteiger partial charge is 0.340 e. The number of esters is 2. The molecule has 1 aromatic rings. The van der Waals surface area contributed by atoms with Gasteiger partial charge in [-0.3, -0.25) is 10.1 Å². The second kappa shape index (κ2) is 10.8. The summed E-state index contributed by atoms with van der Waals surface area (Å²) in [5.41, 5.74) is 0.560. The van der Waals surface area contributed by atoms with E-state index in [9.17, 15) is 19.7 Å². The zero-order valence-corrected chi connectivity index (χ0v) is 19.5. The average molecular weight is 461 g/mol. The summed E-state index contributed by atoms with van der Waals surface area (Å²) in [7, 11) is 0. The Hall–Kier alpha value is -2.94. The largest absolute Gasteiger partial charge is 0.464 e. The molecule has 2 aliphatic rings. The number of carbonyl (C=O) groups excluding carboxylic acids is 2. The molecule has 9 nitrogen and oxygen atoms in total. The van der Waals surface area contributed by atoms with Crippen molar-refractivity contribution < 1.29 is 28.7 Å². The van der Waals surface area contributed by atoms with E-state index in [0.717, 1.165) is 19.3 Å². The Balaban J connectivity index is 1.80. The number of nitro groups is 1. The minimum Gasteiger partial charge on any atom is -0.464 e. The molecular formula is C24H32N2O7. The van der Waals surface area contributed by atoms with Gasteiger partial charge in [0.05, 0.1) is 17.1 Å². The minimum absolute atomic E-state index is 0.0485. The van der Waals surface area contributed by atoms with Gasteiger partial charge in [0.15, 0.2) is 12.3 Å². The molecule has 1 aliphatic carbocycles. The van der Waals surface area contributed by atoms with Gasteiger partial charge >= 0.3 is 11.9 Å². The Bertz CT molecular complexity index is 897. The molecule has 1 aliphatic heterocycles. The van der Waals surface area contributed by atoms with Crippen molar-refractivity contribution in [2.75, 3.05) is 6.61 Å². The van der Waals surface area contributed by atoms with Crippen LogP contribution in [0.4, 0.5) is 5.69 Å². The summed E-state index contributed by atoms with van der Waals surface area (Å²) in [6, 6.07) is 5.77. The van der Waals surface area contributed by atoms with Crippen molar-refractivity contribution in [3.05, 3.63) is 51.7 Å². The third-order valence-electron chi connectivity index (χ3n) is 6.31. The summed E-state index contributed by atoms with van der Waals surface area (Å²) >= 11 is 0. The quantitative estimate of drug-likeness (QED) is 0.368. The van der Waals surface area contributed by atoms with Gasteiger partial charge in [-0.05, 0) is 49.7 Å². The molecule has 1 N–H and O–H groups in total. The molecule has 3 rings (SSSR count).